The van der Waals surface area contributed by atoms with Gasteiger partial charge in [-0.2, -0.15) is 0 Å². The summed E-state index contributed by atoms with van der Waals surface area (Å²) in [5.74, 6) is -2.71. The van der Waals surface area contributed by atoms with Gasteiger partial charge in [0.2, 0.25) is 5.91 Å². The third kappa shape index (κ3) is 7.51. The molecule has 0 unspecified atom stereocenters. The number of hydrogen-bond donors (Lipinski definition) is 5. The minimum absolute atomic E-state index is 0.0196. The summed E-state index contributed by atoms with van der Waals surface area (Å²) in [5, 5.41) is 33.0. The predicted molar refractivity (Wildman–Crippen MR) is 130 cm³/mol. The van der Waals surface area contributed by atoms with Gasteiger partial charge < -0.3 is 15.5 Å². The molecule has 0 saturated carbocycles. The highest BCUT2D eigenvalue weighted by Gasteiger charge is 2.30. The normalized spacial score (nSPS) is 14.2. The first-order valence-electron chi connectivity index (χ1n) is 11.7. The molecule has 2 amide bonds. The topological polar surface area (TPSA) is 145 Å². The summed E-state index contributed by atoms with van der Waals surface area (Å²) in [6, 6.07) is 12.1. The summed E-state index contributed by atoms with van der Waals surface area (Å²) >= 11 is 0. The fraction of sp³-hybridized carbons (Fsp3) is 0.385. The Labute approximate surface area is 208 Å². The van der Waals surface area contributed by atoms with E-state index in [1.807, 2.05) is 0 Å². The van der Waals surface area contributed by atoms with Crippen LogP contribution in [0, 0.1) is 11.7 Å². The molecular weight excluding hydrogens is 467 g/mol. The summed E-state index contributed by atoms with van der Waals surface area (Å²) in [6.07, 6.45) is 0.227. The van der Waals surface area contributed by atoms with Gasteiger partial charge in [0, 0.05) is 5.92 Å². The number of hydrogen-bond acceptors (Lipinski definition) is 7. The van der Waals surface area contributed by atoms with E-state index in [0.29, 0.717) is 11.0 Å². The summed E-state index contributed by atoms with van der Waals surface area (Å²) in [4.78, 5) is 33.8. The predicted octanol–water partition coefficient (Wildman–Crippen LogP) is 2.53. The van der Waals surface area contributed by atoms with Crippen LogP contribution in [0.25, 0.3) is 11.0 Å². The van der Waals surface area contributed by atoms with Crippen molar-refractivity contribution in [1.29, 1.82) is 0 Å². The van der Waals surface area contributed by atoms with Crippen LogP contribution in [-0.4, -0.2) is 54.9 Å². The maximum atomic E-state index is 14.4. The number of carbonyl (C=O) groups excluding carboxylic acids is 2. The molecule has 5 N–H and O–H groups in total. The number of fused-ring (bicyclic) bond motifs is 1. The number of rotatable bonds is 11. The van der Waals surface area contributed by atoms with Gasteiger partial charge in [-0.25, -0.2) is 14.9 Å². The van der Waals surface area contributed by atoms with Crippen LogP contribution in [0.4, 0.5) is 4.39 Å². The monoisotopic (exact) mass is 498 g/mol. The average Bonchev–Trinajstić information content (AvgIpc) is 2.85. The minimum atomic E-state index is -1.29. The van der Waals surface area contributed by atoms with Crippen LogP contribution < -0.4 is 10.8 Å². The van der Waals surface area contributed by atoms with Crippen LogP contribution in [0.5, 0.6) is 0 Å². The molecule has 0 aliphatic rings. The molecule has 3 rings (SSSR count). The lowest BCUT2D eigenvalue weighted by atomic mass is 9.87. The highest BCUT2D eigenvalue weighted by molar-refractivity contribution is 5.94. The number of hydroxylamine groups is 1. The number of aromatic nitrogens is 2. The highest BCUT2D eigenvalue weighted by atomic mass is 19.1. The molecule has 1 heterocycles. The lowest BCUT2D eigenvalue weighted by Crippen LogP contribution is -2.47. The molecule has 0 fully saturated rings. The van der Waals surface area contributed by atoms with Gasteiger partial charge in [0.25, 0.3) is 5.91 Å². The van der Waals surface area contributed by atoms with Gasteiger partial charge in [0.15, 0.2) is 0 Å². The van der Waals surface area contributed by atoms with Crippen molar-refractivity contribution >= 4 is 22.8 Å². The quantitative estimate of drug-likeness (QED) is 0.202. The first-order valence-corrected chi connectivity index (χ1v) is 11.7. The number of carbonyl (C=O) groups is 2. The molecule has 2 aromatic carbocycles. The van der Waals surface area contributed by atoms with Crippen molar-refractivity contribution in [2.45, 2.75) is 57.3 Å². The van der Waals surface area contributed by atoms with Gasteiger partial charge in [-0.05, 0) is 63.3 Å². The molecule has 0 bridgehead atoms. The Morgan fingerprint density at radius 1 is 1.08 bits per heavy atom. The molecule has 3 aromatic rings. The second kappa shape index (κ2) is 12.0. The molecule has 0 saturated heterocycles. The SMILES string of the molecule is CC(C)(O)CC[C@@H](C[C@H](O)[C@H](Cc1ccccc1F)NC(=O)c1cnc2ccccc2n1)C(=O)NO. The van der Waals surface area contributed by atoms with E-state index < -0.39 is 41.3 Å². The van der Waals surface area contributed by atoms with Gasteiger partial charge in [0.1, 0.15) is 11.5 Å². The maximum Gasteiger partial charge on any atom is 0.271 e. The third-order valence-electron chi connectivity index (χ3n) is 5.97. The molecule has 36 heavy (non-hydrogen) atoms. The van der Waals surface area contributed by atoms with Gasteiger partial charge >= 0.3 is 0 Å². The standard InChI is InChI=1S/C26H31FN4O5/c1-26(2,35)12-11-17(24(33)31-36)14-23(32)21(13-16-7-3-4-8-18(16)27)30-25(34)22-15-28-19-9-5-6-10-20(19)29-22/h3-10,15,17,21,23,32,35-36H,11-14H2,1-2H3,(H,30,34)(H,31,33)/t17-,21-,23-/m0/s1. The minimum Gasteiger partial charge on any atom is -0.391 e. The van der Waals surface area contributed by atoms with Crippen LogP contribution in [0.3, 0.4) is 0 Å². The Balaban J connectivity index is 1.83. The summed E-state index contributed by atoms with van der Waals surface area (Å²) < 4.78 is 14.4. The van der Waals surface area contributed by atoms with E-state index in [9.17, 15) is 24.2 Å². The second-order valence-electron chi connectivity index (χ2n) is 9.45. The summed E-state index contributed by atoms with van der Waals surface area (Å²) in [7, 11) is 0. The summed E-state index contributed by atoms with van der Waals surface area (Å²) in [5.41, 5.74) is 1.95. The fourth-order valence-corrected chi connectivity index (χ4v) is 3.92. The molecule has 0 aliphatic heterocycles. The van der Waals surface area contributed by atoms with Gasteiger partial charge in [-0.1, -0.05) is 30.3 Å². The van der Waals surface area contributed by atoms with E-state index in [-0.39, 0.29) is 36.9 Å². The van der Waals surface area contributed by atoms with Crippen molar-refractivity contribution in [3.63, 3.8) is 0 Å². The largest absolute Gasteiger partial charge is 0.391 e. The smallest absolute Gasteiger partial charge is 0.271 e. The van der Waals surface area contributed by atoms with Crippen LogP contribution >= 0.6 is 0 Å². The van der Waals surface area contributed by atoms with Gasteiger partial charge in [-0.3, -0.25) is 19.8 Å². The van der Waals surface area contributed by atoms with Gasteiger partial charge in [-0.15, -0.1) is 0 Å². The highest BCUT2D eigenvalue weighted by Crippen LogP contribution is 2.23. The average molecular weight is 499 g/mol. The first-order chi connectivity index (χ1) is 17.1. The van der Waals surface area contributed by atoms with Crippen LogP contribution in [0.2, 0.25) is 0 Å². The number of aliphatic hydroxyl groups excluding tert-OH is 1. The molecule has 192 valence electrons. The molecule has 9 nitrogen and oxygen atoms in total. The van der Waals surface area contributed by atoms with Crippen LogP contribution in [-0.2, 0) is 11.2 Å². The van der Waals surface area contributed by atoms with Crippen molar-refractivity contribution < 1.29 is 29.4 Å². The Morgan fingerprint density at radius 3 is 2.42 bits per heavy atom. The van der Waals surface area contributed by atoms with Crippen LogP contribution in [0.1, 0.15) is 49.2 Å². The molecule has 0 radical (unpaired) electrons. The Bertz CT molecular complexity index is 1200. The number of amides is 2. The number of nitrogens with one attached hydrogen (secondary N) is 2. The number of aliphatic hydroxyl groups is 2. The van der Waals surface area contributed by atoms with Gasteiger partial charge in [0.05, 0.1) is 35.0 Å². The second-order valence-corrected chi connectivity index (χ2v) is 9.45. The molecule has 3 atom stereocenters. The van der Waals surface area contributed by atoms with E-state index in [1.54, 1.807) is 55.7 Å². The Morgan fingerprint density at radius 2 is 1.75 bits per heavy atom. The van der Waals surface area contributed by atoms with Crippen LogP contribution in [0.15, 0.2) is 54.7 Å². The van der Waals surface area contributed by atoms with E-state index in [2.05, 4.69) is 15.3 Å². The molecule has 0 aliphatic carbocycles. The van der Waals surface area contributed by atoms with E-state index in [0.717, 1.165) is 0 Å². The van der Waals surface area contributed by atoms with Crippen molar-refractivity contribution in [3.05, 3.63) is 71.8 Å². The van der Waals surface area contributed by atoms with E-state index >= 15 is 0 Å². The first kappa shape index (κ1) is 27.1. The number of nitrogens with zero attached hydrogens (tertiary/aromatic N) is 2. The zero-order valence-corrected chi connectivity index (χ0v) is 20.2. The van der Waals surface area contributed by atoms with Crippen molar-refractivity contribution in [2.75, 3.05) is 0 Å². The third-order valence-corrected chi connectivity index (χ3v) is 5.97. The van der Waals surface area contributed by atoms with Crippen molar-refractivity contribution in [1.82, 2.24) is 20.8 Å². The zero-order valence-electron chi connectivity index (χ0n) is 20.2. The molecule has 1 aromatic heterocycles. The fourth-order valence-electron chi connectivity index (χ4n) is 3.92. The summed E-state index contributed by atoms with van der Waals surface area (Å²) in [6.45, 7) is 3.17. The molecular formula is C26H31FN4O5. The molecule has 10 heteroatoms. The number of halogens is 1. The number of para-hydroxylation sites is 2. The zero-order chi connectivity index (χ0) is 26.3. The number of benzene rings is 2. The lowest BCUT2D eigenvalue weighted by molar-refractivity contribution is -0.135. The maximum absolute atomic E-state index is 14.4. The Kier molecular flexibility index (Phi) is 9.03. The molecule has 0 spiro atoms. The Hall–Kier alpha value is -3.47. The lowest BCUT2D eigenvalue weighted by Gasteiger charge is -2.28. The van der Waals surface area contributed by atoms with Crippen molar-refractivity contribution in [2.24, 2.45) is 5.92 Å². The van der Waals surface area contributed by atoms with E-state index in [1.165, 1.54) is 18.3 Å². The van der Waals surface area contributed by atoms with Crippen molar-refractivity contribution in [3.8, 4) is 0 Å². The van der Waals surface area contributed by atoms with E-state index in [4.69, 9.17) is 5.21 Å².